The number of methoxy groups -OCH3 is 1. The molecule has 8 nitrogen and oxygen atoms in total. The number of carbonyl (C=O) groups is 2. The van der Waals surface area contributed by atoms with E-state index in [9.17, 15) is 9.59 Å². The number of benzene rings is 1. The number of amides is 1. The Bertz CT molecular complexity index is 626. The first kappa shape index (κ1) is 14.6. The summed E-state index contributed by atoms with van der Waals surface area (Å²) in [5.74, 6) is -0.124. The van der Waals surface area contributed by atoms with Crippen molar-refractivity contribution in [3.8, 4) is 11.4 Å². The van der Waals surface area contributed by atoms with Gasteiger partial charge in [-0.05, 0) is 17.3 Å². The Hall–Kier alpha value is -2.77. The van der Waals surface area contributed by atoms with Crippen LogP contribution in [-0.2, 0) is 9.53 Å². The van der Waals surface area contributed by atoms with E-state index in [1.54, 1.807) is 31.3 Å². The molecule has 0 aliphatic rings. The Morgan fingerprint density at radius 3 is 2.86 bits per heavy atom. The highest BCUT2D eigenvalue weighted by molar-refractivity contribution is 5.95. The van der Waals surface area contributed by atoms with E-state index in [1.807, 2.05) is 0 Å². The Morgan fingerprint density at radius 2 is 2.19 bits per heavy atom. The molecule has 1 aromatic carbocycles. The van der Waals surface area contributed by atoms with E-state index < -0.39 is 0 Å². The van der Waals surface area contributed by atoms with Crippen LogP contribution in [-0.4, -0.2) is 58.1 Å². The Labute approximate surface area is 121 Å². The average molecular weight is 289 g/mol. The van der Waals surface area contributed by atoms with Crippen LogP contribution < -0.4 is 0 Å². The summed E-state index contributed by atoms with van der Waals surface area (Å²) < 4.78 is 4.55. The number of H-pyrrole nitrogens is 1. The van der Waals surface area contributed by atoms with Crippen molar-refractivity contribution < 1.29 is 14.3 Å². The number of hydrogen-bond donors (Lipinski definition) is 1. The van der Waals surface area contributed by atoms with Gasteiger partial charge < -0.3 is 9.64 Å². The first-order valence-corrected chi connectivity index (χ1v) is 6.28. The van der Waals surface area contributed by atoms with Gasteiger partial charge in [0.25, 0.3) is 5.91 Å². The van der Waals surface area contributed by atoms with Gasteiger partial charge in [0.15, 0.2) is 0 Å². The molecule has 0 spiro atoms. The minimum atomic E-state index is -0.352. The third kappa shape index (κ3) is 3.62. The van der Waals surface area contributed by atoms with Crippen LogP contribution in [0.2, 0.25) is 0 Å². The van der Waals surface area contributed by atoms with Crippen LogP contribution in [0.1, 0.15) is 16.8 Å². The molecular formula is C13H15N5O3. The van der Waals surface area contributed by atoms with Crippen LogP contribution >= 0.6 is 0 Å². The van der Waals surface area contributed by atoms with Gasteiger partial charge in [-0.25, -0.2) is 0 Å². The minimum absolute atomic E-state index is 0.156. The summed E-state index contributed by atoms with van der Waals surface area (Å²) in [6, 6.07) is 6.91. The summed E-state index contributed by atoms with van der Waals surface area (Å²) in [5.41, 5.74) is 1.18. The molecule has 0 aliphatic heterocycles. The average Bonchev–Trinajstić information content (AvgIpc) is 3.06. The molecule has 0 fully saturated rings. The van der Waals surface area contributed by atoms with Gasteiger partial charge in [-0.2, -0.15) is 5.21 Å². The second kappa shape index (κ2) is 6.60. The zero-order valence-electron chi connectivity index (χ0n) is 11.7. The van der Waals surface area contributed by atoms with E-state index in [4.69, 9.17) is 0 Å². The molecule has 0 atom stereocenters. The number of aromatic nitrogens is 4. The van der Waals surface area contributed by atoms with E-state index in [0.717, 1.165) is 0 Å². The van der Waals surface area contributed by atoms with E-state index in [-0.39, 0.29) is 24.8 Å². The van der Waals surface area contributed by atoms with Crippen molar-refractivity contribution in [3.63, 3.8) is 0 Å². The van der Waals surface area contributed by atoms with Crippen LogP contribution in [0.3, 0.4) is 0 Å². The van der Waals surface area contributed by atoms with Crippen LogP contribution in [0.5, 0.6) is 0 Å². The van der Waals surface area contributed by atoms with Gasteiger partial charge in [0.2, 0.25) is 5.82 Å². The van der Waals surface area contributed by atoms with Gasteiger partial charge in [-0.3, -0.25) is 9.59 Å². The van der Waals surface area contributed by atoms with Crippen molar-refractivity contribution in [1.82, 2.24) is 25.5 Å². The predicted octanol–water partition coefficient (Wildman–Crippen LogP) is 0.502. The van der Waals surface area contributed by atoms with Crippen LogP contribution in [0.15, 0.2) is 24.3 Å². The molecule has 0 bridgehead atoms. The van der Waals surface area contributed by atoms with Gasteiger partial charge in [-0.15, -0.1) is 10.2 Å². The smallest absolute Gasteiger partial charge is 0.307 e. The number of nitrogens with one attached hydrogen (secondary N) is 1. The van der Waals surface area contributed by atoms with Gasteiger partial charge >= 0.3 is 5.97 Å². The number of esters is 1. The zero-order valence-corrected chi connectivity index (χ0v) is 11.7. The monoisotopic (exact) mass is 289 g/mol. The lowest BCUT2D eigenvalue weighted by molar-refractivity contribution is -0.140. The number of hydrogen-bond acceptors (Lipinski definition) is 6. The lowest BCUT2D eigenvalue weighted by atomic mass is 10.1. The predicted molar refractivity (Wildman–Crippen MR) is 73.2 cm³/mol. The minimum Gasteiger partial charge on any atom is -0.469 e. The fourth-order valence-corrected chi connectivity index (χ4v) is 1.76. The Kier molecular flexibility index (Phi) is 4.60. The molecule has 0 saturated carbocycles. The number of nitrogens with zero attached hydrogens (tertiary/aromatic N) is 4. The highest BCUT2D eigenvalue weighted by Crippen LogP contribution is 2.16. The molecule has 0 saturated heterocycles. The molecule has 2 aromatic rings. The lowest BCUT2D eigenvalue weighted by Gasteiger charge is -2.16. The van der Waals surface area contributed by atoms with Crippen LogP contribution in [0.4, 0.5) is 0 Å². The third-order valence-electron chi connectivity index (χ3n) is 2.94. The topological polar surface area (TPSA) is 101 Å². The molecule has 1 N–H and O–H groups in total. The van der Waals surface area contributed by atoms with Crippen LogP contribution in [0.25, 0.3) is 11.4 Å². The van der Waals surface area contributed by atoms with E-state index in [1.165, 1.54) is 12.0 Å². The molecule has 0 aliphatic carbocycles. The highest BCUT2D eigenvalue weighted by atomic mass is 16.5. The molecule has 110 valence electrons. The largest absolute Gasteiger partial charge is 0.469 e. The molecule has 1 aromatic heterocycles. The van der Waals surface area contributed by atoms with Gasteiger partial charge in [0.05, 0.1) is 13.5 Å². The lowest BCUT2D eigenvalue weighted by Crippen LogP contribution is -2.29. The molecule has 21 heavy (non-hydrogen) atoms. The van der Waals surface area contributed by atoms with Crippen molar-refractivity contribution >= 4 is 11.9 Å². The fourth-order valence-electron chi connectivity index (χ4n) is 1.76. The molecule has 1 heterocycles. The standard InChI is InChI=1S/C13H15N5O3/c1-18(7-6-11(19)21-2)13(20)10-5-3-4-9(8-10)12-14-16-17-15-12/h3-5,8H,6-7H2,1-2H3,(H,14,15,16,17). The van der Waals surface area contributed by atoms with E-state index >= 15 is 0 Å². The third-order valence-corrected chi connectivity index (χ3v) is 2.94. The maximum Gasteiger partial charge on any atom is 0.307 e. The maximum absolute atomic E-state index is 12.3. The van der Waals surface area contributed by atoms with E-state index in [0.29, 0.717) is 17.0 Å². The molecule has 0 radical (unpaired) electrons. The summed E-state index contributed by atoms with van der Waals surface area (Å²) in [6.45, 7) is 0.290. The number of ether oxygens (including phenoxy) is 1. The molecular weight excluding hydrogens is 274 g/mol. The summed E-state index contributed by atoms with van der Waals surface area (Å²) in [5, 5.41) is 13.6. The van der Waals surface area contributed by atoms with E-state index in [2.05, 4.69) is 25.4 Å². The zero-order chi connectivity index (χ0) is 15.2. The van der Waals surface area contributed by atoms with Crippen molar-refractivity contribution in [2.75, 3.05) is 20.7 Å². The highest BCUT2D eigenvalue weighted by Gasteiger charge is 2.14. The first-order chi connectivity index (χ1) is 10.1. The number of rotatable bonds is 5. The SMILES string of the molecule is COC(=O)CCN(C)C(=O)c1cccc(-c2nn[nH]n2)c1. The Balaban J connectivity index is 2.09. The summed E-state index contributed by atoms with van der Waals surface area (Å²) in [6.07, 6.45) is 0.156. The maximum atomic E-state index is 12.3. The normalized spacial score (nSPS) is 10.2. The van der Waals surface area contributed by atoms with Crippen molar-refractivity contribution in [3.05, 3.63) is 29.8 Å². The summed E-state index contributed by atoms with van der Waals surface area (Å²) in [7, 11) is 2.95. The van der Waals surface area contributed by atoms with Crippen molar-refractivity contribution in [1.29, 1.82) is 0 Å². The number of tetrazole rings is 1. The second-order valence-corrected chi connectivity index (χ2v) is 4.37. The second-order valence-electron chi connectivity index (χ2n) is 4.37. The van der Waals surface area contributed by atoms with Crippen molar-refractivity contribution in [2.45, 2.75) is 6.42 Å². The molecule has 2 rings (SSSR count). The van der Waals surface area contributed by atoms with Gasteiger partial charge in [0.1, 0.15) is 0 Å². The van der Waals surface area contributed by atoms with Crippen LogP contribution in [0, 0.1) is 0 Å². The van der Waals surface area contributed by atoms with Gasteiger partial charge in [-0.1, -0.05) is 12.1 Å². The number of carbonyl (C=O) groups excluding carboxylic acids is 2. The summed E-state index contributed by atoms with van der Waals surface area (Å²) in [4.78, 5) is 24.8. The Morgan fingerprint density at radius 1 is 1.38 bits per heavy atom. The molecule has 1 amide bonds. The first-order valence-electron chi connectivity index (χ1n) is 6.28. The number of aromatic amines is 1. The van der Waals surface area contributed by atoms with Gasteiger partial charge in [0, 0.05) is 24.7 Å². The molecule has 8 heteroatoms. The summed E-state index contributed by atoms with van der Waals surface area (Å²) >= 11 is 0. The van der Waals surface area contributed by atoms with Crippen molar-refractivity contribution in [2.24, 2.45) is 0 Å². The molecule has 0 unspecified atom stereocenters. The quantitative estimate of drug-likeness (QED) is 0.804. The fraction of sp³-hybridized carbons (Fsp3) is 0.308.